The van der Waals surface area contributed by atoms with Crippen molar-refractivity contribution in [3.63, 3.8) is 0 Å². The standard InChI is InChI=1S/C45H28N4O/c1-4-15-29(16-5-1)32-22-14-28-39-40(32)35-24-13-27-38(42(35)50-39)49-37-26-11-10-21-33(37)34-23-12-25-36(41(34)49)45-47-43(30-17-6-2-7-18-30)46-44(48-45)31-19-8-3-9-20-31/h1-28H/i2D,3D,6D,7D,8D,9D,17D,18D,19D,20D. The minimum absolute atomic E-state index is 0.0357. The van der Waals surface area contributed by atoms with Crippen LogP contribution in [-0.4, -0.2) is 19.5 Å². The van der Waals surface area contributed by atoms with Gasteiger partial charge >= 0.3 is 0 Å². The van der Waals surface area contributed by atoms with Crippen LogP contribution in [-0.2, 0) is 0 Å². The van der Waals surface area contributed by atoms with E-state index in [4.69, 9.17) is 28.1 Å². The lowest BCUT2D eigenvalue weighted by Gasteiger charge is -2.13. The summed E-state index contributed by atoms with van der Waals surface area (Å²) in [5, 5.41) is 3.52. The highest BCUT2D eigenvalue weighted by molar-refractivity contribution is 6.17. The van der Waals surface area contributed by atoms with Gasteiger partial charge in [-0.3, -0.25) is 0 Å². The summed E-state index contributed by atoms with van der Waals surface area (Å²) in [7, 11) is 0. The van der Waals surface area contributed by atoms with E-state index in [0.717, 1.165) is 38.2 Å². The second-order valence-electron chi connectivity index (χ2n) is 11.7. The van der Waals surface area contributed by atoms with Crippen molar-refractivity contribution in [3.8, 4) is 51.0 Å². The van der Waals surface area contributed by atoms with Gasteiger partial charge in [0.1, 0.15) is 5.58 Å². The number of furan rings is 1. The molecule has 0 saturated carbocycles. The van der Waals surface area contributed by atoms with Crippen LogP contribution in [0.25, 0.3) is 94.7 Å². The first kappa shape index (κ1) is 19.8. The maximum Gasteiger partial charge on any atom is 0.166 e. The summed E-state index contributed by atoms with van der Waals surface area (Å²) in [6.07, 6.45) is 0. The number of hydrogen-bond donors (Lipinski definition) is 0. The van der Waals surface area contributed by atoms with Crippen molar-refractivity contribution in [1.82, 2.24) is 19.5 Å². The van der Waals surface area contributed by atoms with Crippen molar-refractivity contribution < 1.29 is 18.1 Å². The molecule has 5 heteroatoms. The molecule has 0 fully saturated rings. The molecule has 0 amide bonds. The SMILES string of the molecule is [2H]c1c([2H])c([2H])c(-c2nc(-c3c([2H])c([2H])c([2H])c([2H])c3[2H])nc(-c3cccc4c5ccccc5n(-c5cccc6c5oc5cccc(-c7ccccc7)c56)c34)n2)c([2H])c1[2H]. The highest BCUT2D eigenvalue weighted by Gasteiger charge is 2.23. The molecule has 0 atom stereocenters. The van der Waals surface area contributed by atoms with Crippen molar-refractivity contribution in [1.29, 1.82) is 0 Å². The molecular weight excluding hydrogens is 613 g/mol. The van der Waals surface area contributed by atoms with Crippen LogP contribution in [0.1, 0.15) is 13.7 Å². The van der Waals surface area contributed by atoms with Crippen molar-refractivity contribution in [2.75, 3.05) is 0 Å². The maximum atomic E-state index is 8.80. The van der Waals surface area contributed by atoms with Gasteiger partial charge in [0.2, 0.25) is 0 Å². The Morgan fingerprint density at radius 1 is 0.480 bits per heavy atom. The van der Waals surface area contributed by atoms with Crippen LogP contribution in [0.2, 0.25) is 0 Å². The summed E-state index contributed by atoms with van der Waals surface area (Å²) >= 11 is 0. The Morgan fingerprint density at radius 2 is 1.08 bits per heavy atom. The first-order valence-electron chi connectivity index (χ1n) is 20.9. The van der Waals surface area contributed by atoms with Gasteiger partial charge in [-0.05, 0) is 35.4 Å². The molecule has 0 aliphatic heterocycles. The molecule has 10 rings (SSSR count). The Balaban J connectivity index is 1.32. The average Bonchev–Trinajstić information content (AvgIpc) is 3.83. The Hall–Kier alpha value is -6.85. The van der Waals surface area contributed by atoms with E-state index in [1.165, 1.54) is 0 Å². The van der Waals surface area contributed by atoms with Crippen molar-refractivity contribution in [3.05, 3.63) is 170 Å². The molecule has 0 spiro atoms. The summed E-state index contributed by atoms with van der Waals surface area (Å²) in [4.78, 5) is 14.0. The largest absolute Gasteiger partial charge is 0.454 e. The molecule has 3 aromatic heterocycles. The zero-order valence-corrected chi connectivity index (χ0v) is 26.1. The quantitative estimate of drug-likeness (QED) is 0.186. The van der Waals surface area contributed by atoms with Gasteiger partial charge in [0.25, 0.3) is 0 Å². The lowest BCUT2D eigenvalue weighted by molar-refractivity contribution is 0.666. The van der Waals surface area contributed by atoms with Crippen LogP contribution >= 0.6 is 0 Å². The van der Waals surface area contributed by atoms with Crippen molar-refractivity contribution >= 4 is 43.7 Å². The number of nitrogens with zero attached hydrogens (tertiary/aromatic N) is 4. The molecule has 5 nitrogen and oxygen atoms in total. The highest BCUT2D eigenvalue weighted by atomic mass is 16.3. The van der Waals surface area contributed by atoms with E-state index < -0.39 is 60.4 Å². The summed E-state index contributed by atoms with van der Waals surface area (Å²) in [6, 6.07) is 29.4. The second kappa shape index (κ2) is 11.4. The van der Waals surface area contributed by atoms with Gasteiger partial charge in [-0.1, -0.05) is 145 Å². The average molecular weight is 651 g/mol. The molecule has 7 aromatic carbocycles. The van der Waals surface area contributed by atoms with Gasteiger partial charge in [-0.2, -0.15) is 0 Å². The number of aromatic nitrogens is 4. The highest BCUT2D eigenvalue weighted by Crippen LogP contribution is 2.43. The third-order valence-electron chi connectivity index (χ3n) is 8.85. The van der Waals surface area contributed by atoms with E-state index in [1.807, 2.05) is 89.5 Å². The Bertz CT molecular complexity index is 3310. The second-order valence-corrected chi connectivity index (χ2v) is 11.7. The van der Waals surface area contributed by atoms with Crippen LogP contribution in [0.4, 0.5) is 0 Å². The Labute approximate surface area is 301 Å². The first-order chi connectivity index (χ1) is 29.0. The summed E-state index contributed by atoms with van der Waals surface area (Å²) in [5.74, 6) is -0.718. The fourth-order valence-electron chi connectivity index (χ4n) is 6.76. The Morgan fingerprint density at radius 3 is 1.84 bits per heavy atom. The molecule has 0 aliphatic carbocycles. The molecule has 0 aliphatic rings. The number of para-hydroxylation sites is 3. The van der Waals surface area contributed by atoms with E-state index in [1.54, 1.807) is 6.07 Å². The number of benzene rings is 7. The van der Waals surface area contributed by atoms with Gasteiger partial charge in [0, 0.05) is 38.2 Å². The fourth-order valence-corrected chi connectivity index (χ4v) is 6.76. The molecule has 10 aromatic rings. The van der Waals surface area contributed by atoms with E-state index in [0.29, 0.717) is 27.9 Å². The summed E-state index contributed by atoms with van der Waals surface area (Å²) < 4.78 is 94.0. The monoisotopic (exact) mass is 650 g/mol. The normalized spacial score (nSPS) is 14.4. The zero-order valence-electron chi connectivity index (χ0n) is 36.1. The van der Waals surface area contributed by atoms with E-state index in [9.17, 15) is 0 Å². The number of fused-ring (bicyclic) bond motifs is 6. The van der Waals surface area contributed by atoms with Gasteiger partial charge in [0.05, 0.1) is 30.4 Å². The molecular formula is C45H28N4O. The molecule has 234 valence electrons. The topological polar surface area (TPSA) is 56.7 Å². The van der Waals surface area contributed by atoms with Crippen molar-refractivity contribution in [2.45, 2.75) is 0 Å². The molecule has 0 radical (unpaired) electrons. The van der Waals surface area contributed by atoms with E-state index in [-0.39, 0.29) is 28.6 Å². The smallest absolute Gasteiger partial charge is 0.166 e. The summed E-state index contributed by atoms with van der Waals surface area (Å²) in [6.45, 7) is 0. The fraction of sp³-hybridized carbons (Fsp3) is 0. The van der Waals surface area contributed by atoms with Gasteiger partial charge in [0.15, 0.2) is 23.1 Å². The van der Waals surface area contributed by atoms with E-state index in [2.05, 4.69) is 23.2 Å². The van der Waals surface area contributed by atoms with Gasteiger partial charge in [-0.25, -0.2) is 15.0 Å². The van der Waals surface area contributed by atoms with Gasteiger partial charge < -0.3 is 8.98 Å². The van der Waals surface area contributed by atoms with Crippen molar-refractivity contribution in [2.24, 2.45) is 0 Å². The minimum atomic E-state index is -0.617. The third kappa shape index (κ3) is 4.45. The summed E-state index contributed by atoms with van der Waals surface area (Å²) in [5.41, 5.74) is 5.25. The van der Waals surface area contributed by atoms with Crippen LogP contribution in [0.15, 0.2) is 174 Å². The van der Waals surface area contributed by atoms with E-state index >= 15 is 0 Å². The minimum Gasteiger partial charge on any atom is -0.454 e. The molecule has 0 unspecified atom stereocenters. The number of rotatable bonds is 5. The molecule has 0 N–H and O–H groups in total. The van der Waals surface area contributed by atoms with Crippen LogP contribution < -0.4 is 0 Å². The lowest BCUT2D eigenvalue weighted by Crippen LogP contribution is -2.02. The molecule has 0 saturated heterocycles. The van der Waals surface area contributed by atoms with Gasteiger partial charge in [-0.15, -0.1) is 0 Å². The molecule has 3 heterocycles. The maximum absolute atomic E-state index is 8.80. The predicted octanol–water partition coefficient (Wildman–Crippen LogP) is 11.5. The number of hydrogen-bond acceptors (Lipinski definition) is 4. The lowest BCUT2D eigenvalue weighted by atomic mass is 9.99. The third-order valence-corrected chi connectivity index (χ3v) is 8.85. The molecule has 0 bridgehead atoms. The van der Waals surface area contributed by atoms with Crippen LogP contribution in [0.5, 0.6) is 0 Å². The first-order valence-corrected chi connectivity index (χ1v) is 15.9. The zero-order chi connectivity index (χ0) is 41.7. The molecule has 50 heavy (non-hydrogen) atoms. The predicted molar refractivity (Wildman–Crippen MR) is 203 cm³/mol. The van der Waals surface area contributed by atoms with Crippen LogP contribution in [0.3, 0.4) is 0 Å². The Kier molecular flexibility index (Phi) is 4.52. The van der Waals surface area contributed by atoms with Crippen LogP contribution in [0, 0.1) is 0 Å².